The summed E-state index contributed by atoms with van der Waals surface area (Å²) < 4.78 is 19.3. The van der Waals surface area contributed by atoms with Gasteiger partial charge in [0.1, 0.15) is 6.61 Å². The summed E-state index contributed by atoms with van der Waals surface area (Å²) in [7, 11) is -2.15. The Morgan fingerprint density at radius 1 is 1.15 bits per heavy atom. The van der Waals surface area contributed by atoms with Gasteiger partial charge in [0.25, 0.3) is 8.32 Å². The van der Waals surface area contributed by atoms with Crippen LogP contribution in [-0.2, 0) is 20.5 Å². The molecule has 0 radical (unpaired) electrons. The van der Waals surface area contributed by atoms with Crippen molar-refractivity contribution < 1.29 is 18.7 Å². The minimum absolute atomic E-state index is 0.0573. The molecular formula is C28H43NO4Si. The van der Waals surface area contributed by atoms with E-state index in [1.165, 1.54) is 0 Å². The van der Waals surface area contributed by atoms with E-state index in [1.54, 1.807) is 4.90 Å². The van der Waals surface area contributed by atoms with Crippen LogP contribution in [0, 0.1) is 0 Å². The zero-order valence-electron chi connectivity index (χ0n) is 22.0. The van der Waals surface area contributed by atoms with Gasteiger partial charge in [-0.15, -0.1) is 6.58 Å². The Kier molecular flexibility index (Phi) is 8.69. The molecule has 5 nitrogen and oxygen atoms in total. The number of benzene rings is 1. The molecule has 1 fully saturated rings. The van der Waals surface area contributed by atoms with Crippen molar-refractivity contribution in [1.29, 1.82) is 0 Å². The minimum atomic E-state index is -2.15. The second kappa shape index (κ2) is 11.1. The first-order chi connectivity index (χ1) is 16.1. The Morgan fingerprint density at radius 3 is 2.32 bits per heavy atom. The van der Waals surface area contributed by atoms with E-state index >= 15 is 0 Å². The summed E-state index contributed by atoms with van der Waals surface area (Å²) in [6.45, 7) is 20.9. The summed E-state index contributed by atoms with van der Waals surface area (Å²) in [6.07, 6.45) is 3.01. The molecule has 0 spiro atoms. The lowest BCUT2D eigenvalue weighted by atomic mass is 9.88. The second-order valence-corrected chi connectivity index (χ2v) is 16.0. The van der Waals surface area contributed by atoms with Crippen LogP contribution in [-0.4, -0.2) is 44.1 Å². The van der Waals surface area contributed by atoms with Gasteiger partial charge >= 0.3 is 6.09 Å². The van der Waals surface area contributed by atoms with Gasteiger partial charge in [-0.2, -0.15) is 0 Å². The van der Waals surface area contributed by atoms with Gasteiger partial charge in [0, 0.05) is 18.5 Å². The van der Waals surface area contributed by atoms with Gasteiger partial charge in [0.15, 0.2) is 0 Å². The molecule has 1 amide bonds. The number of likely N-dealkylation sites (tertiary alicyclic amines) is 1. The second-order valence-electron chi connectivity index (χ2n) is 10.6. The molecule has 2 aliphatic rings. The van der Waals surface area contributed by atoms with Crippen LogP contribution in [0.2, 0.25) is 16.6 Å². The molecule has 0 unspecified atom stereocenters. The number of amides is 1. The largest absolute Gasteiger partial charge is 0.545 e. The number of rotatable bonds is 8. The standard InChI is InChI=1S/C28H43NO4Si/c1-9-24-27-25(15-16-29(24)28(30)31-18-23-13-11-10-12-14-23)32-22(8)17-26(27)33-34(19(2)3,20(4)5)21(6)7/h9-14,19-22,24-25H,1,15-18H2,2-8H3/t22-,24+,25+/m1/s1. The van der Waals surface area contributed by atoms with Crippen LogP contribution in [0.5, 0.6) is 0 Å². The number of nitrogens with zero attached hydrogens (tertiary/aromatic N) is 1. The van der Waals surface area contributed by atoms with Gasteiger partial charge in [-0.1, -0.05) is 78.0 Å². The van der Waals surface area contributed by atoms with Crippen molar-refractivity contribution >= 4 is 14.4 Å². The Balaban J connectivity index is 1.94. The average molecular weight is 486 g/mol. The number of ether oxygens (including phenoxy) is 2. The van der Waals surface area contributed by atoms with Crippen LogP contribution in [0.25, 0.3) is 0 Å². The molecule has 0 aromatic heterocycles. The summed E-state index contributed by atoms with van der Waals surface area (Å²) in [5.74, 6) is 1.02. The quantitative estimate of drug-likeness (QED) is 0.288. The van der Waals surface area contributed by atoms with Gasteiger partial charge in [0.2, 0.25) is 0 Å². The predicted molar refractivity (Wildman–Crippen MR) is 140 cm³/mol. The zero-order chi connectivity index (χ0) is 25.0. The van der Waals surface area contributed by atoms with Crippen molar-refractivity contribution in [2.45, 2.75) is 103 Å². The molecule has 34 heavy (non-hydrogen) atoms. The maximum absolute atomic E-state index is 13.2. The van der Waals surface area contributed by atoms with Crippen LogP contribution in [0.1, 0.15) is 66.9 Å². The summed E-state index contributed by atoms with van der Waals surface area (Å²) in [5, 5.41) is 0. The van der Waals surface area contributed by atoms with E-state index in [4.69, 9.17) is 13.9 Å². The number of hydrogen-bond acceptors (Lipinski definition) is 4. The molecule has 1 saturated heterocycles. The SMILES string of the molecule is C=C[C@H]1C2=C(O[Si](C(C)C)(C(C)C)C(C)C)C[C@@H](C)O[C@H]2CCN1C(=O)OCc1ccccc1. The van der Waals surface area contributed by atoms with Crippen LogP contribution < -0.4 is 0 Å². The van der Waals surface area contributed by atoms with E-state index in [2.05, 4.69) is 55.0 Å². The summed E-state index contributed by atoms with van der Waals surface area (Å²) in [4.78, 5) is 14.9. The normalized spacial score (nSPS) is 23.4. The molecular weight excluding hydrogens is 442 g/mol. The fraction of sp³-hybridized carbons (Fsp3) is 0.607. The number of fused-ring (bicyclic) bond motifs is 1. The Labute approximate surface area is 207 Å². The third kappa shape index (κ3) is 5.28. The minimum Gasteiger partial charge on any atom is -0.545 e. The van der Waals surface area contributed by atoms with Gasteiger partial charge in [-0.05, 0) is 35.5 Å². The average Bonchev–Trinajstić information content (AvgIpc) is 2.79. The Morgan fingerprint density at radius 2 is 1.76 bits per heavy atom. The molecule has 3 atom stereocenters. The maximum Gasteiger partial charge on any atom is 0.410 e. The van der Waals surface area contributed by atoms with Crippen LogP contribution in [0.4, 0.5) is 4.79 Å². The molecule has 2 aliphatic heterocycles. The molecule has 6 heteroatoms. The van der Waals surface area contributed by atoms with E-state index < -0.39 is 8.32 Å². The Hall–Kier alpha value is -2.05. The van der Waals surface area contributed by atoms with Crippen molar-refractivity contribution in [2.75, 3.05) is 6.54 Å². The first kappa shape index (κ1) is 26.5. The van der Waals surface area contributed by atoms with Crippen molar-refractivity contribution in [3.63, 3.8) is 0 Å². The van der Waals surface area contributed by atoms with Gasteiger partial charge in [-0.25, -0.2) is 4.79 Å². The Bertz CT molecular complexity index is 858. The lowest BCUT2D eigenvalue weighted by Crippen LogP contribution is -2.53. The van der Waals surface area contributed by atoms with E-state index in [1.807, 2.05) is 36.4 Å². The predicted octanol–water partition coefficient (Wildman–Crippen LogP) is 7.21. The lowest BCUT2D eigenvalue weighted by Gasteiger charge is -2.48. The first-order valence-electron chi connectivity index (χ1n) is 12.8. The summed E-state index contributed by atoms with van der Waals surface area (Å²) in [5.41, 5.74) is 3.44. The highest BCUT2D eigenvalue weighted by molar-refractivity contribution is 6.77. The fourth-order valence-corrected chi connectivity index (χ4v) is 11.4. The topological polar surface area (TPSA) is 48.0 Å². The van der Waals surface area contributed by atoms with Crippen LogP contribution in [0.15, 0.2) is 54.3 Å². The van der Waals surface area contributed by atoms with E-state index in [0.717, 1.165) is 29.7 Å². The third-order valence-electron chi connectivity index (χ3n) is 7.49. The van der Waals surface area contributed by atoms with Crippen molar-refractivity contribution in [3.05, 3.63) is 59.9 Å². The molecule has 0 saturated carbocycles. The van der Waals surface area contributed by atoms with Gasteiger partial charge < -0.3 is 13.9 Å². The summed E-state index contributed by atoms with van der Waals surface area (Å²) in [6, 6.07) is 9.49. The highest BCUT2D eigenvalue weighted by Crippen LogP contribution is 2.46. The zero-order valence-corrected chi connectivity index (χ0v) is 23.0. The van der Waals surface area contributed by atoms with Crippen LogP contribution >= 0.6 is 0 Å². The number of carbonyl (C=O) groups excluding carboxylic acids is 1. The molecule has 0 bridgehead atoms. The van der Waals surface area contributed by atoms with Crippen molar-refractivity contribution in [2.24, 2.45) is 0 Å². The lowest BCUT2D eigenvalue weighted by molar-refractivity contribution is -0.0329. The number of hydrogen-bond donors (Lipinski definition) is 0. The van der Waals surface area contributed by atoms with E-state index in [-0.39, 0.29) is 30.9 Å². The maximum atomic E-state index is 13.2. The van der Waals surface area contributed by atoms with Gasteiger partial charge in [0.05, 0.1) is 24.0 Å². The number of piperidine rings is 1. The molecule has 2 heterocycles. The monoisotopic (exact) mass is 485 g/mol. The smallest absolute Gasteiger partial charge is 0.410 e. The highest BCUT2D eigenvalue weighted by Gasteiger charge is 2.50. The van der Waals surface area contributed by atoms with E-state index in [0.29, 0.717) is 23.2 Å². The summed E-state index contributed by atoms with van der Waals surface area (Å²) >= 11 is 0. The van der Waals surface area contributed by atoms with Crippen LogP contribution in [0.3, 0.4) is 0 Å². The third-order valence-corrected chi connectivity index (χ3v) is 13.5. The van der Waals surface area contributed by atoms with Gasteiger partial charge in [-0.3, -0.25) is 4.90 Å². The number of carbonyl (C=O) groups is 1. The highest BCUT2D eigenvalue weighted by atomic mass is 28.4. The molecule has 0 aliphatic carbocycles. The molecule has 3 rings (SSSR count). The fourth-order valence-electron chi connectivity index (χ4n) is 6.03. The molecule has 1 aromatic carbocycles. The molecule has 1 aromatic rings. The molecule has 188 valence electrons. The molecule has 0 N–H and O–H groups in total. The van der Waals surface area contributed by atoms with Crippen molar-refractivity contribution in [1.82, 2.24) is 4.90 Å². The van der Waals surface area contributed by atoms with E-state index in [9.17, 15) is 4.79 Å². The first-order valence-corrected chi connectivity index (χ1v) is 14.9. The van der Waals surface area contributed by atoms with Crippen molar-refractivity contribution in [3.8, 4) is 0 Å².